The van der Waals surface area contributed by atoms with Gasteiger partial charge in [0.1, 0.15) is 11.0 Å². The second-order valence-corrected chi connectivity index (χ2v) is 3.25. The predicted octanol–water partition coefficient (Wildman–Crippen LogP) is 0.714. The average molecular weight is 170 g/mol. The minimum Gasteiger partial charge on any atom is -0.263 e. The number of hydrogen-bond acceptors (Lipinski definition) is 2. The number of pyridine rings is 1. The molecule has 0 fully saturated rings. The van der Waals surface area contributed by atoms with Crippen molar-refractivity contribution in [3.8, 4) is 0 Å². The zero-order chi connectivity index (χ0) is 8.10. The molecule has 60 valence electrons. The Hall–Kier alpha value is -0.740. The molecule has 1 heterocycles. The number of nitrogens with one attached hydrogen (secondary N) is 1. The van der Waals surface area contributed by atoms with E-state index in [4.69, 9.17) is 0 Å². The third kappa shape index (κ3) is 2.40. The van der Waals surface area contributed by atoms with Crippen LogP contribution in [-0.2, 0) is 11.0 Å². The lowest BCUT2D eigenvalue weighted by atomic mass is 10.5. The molecule has 11 heavy (non-hydrogen) atoms. The van der Waals surface area contributed by atoms with Crippen LogP contribution in [0.2, 0.25) is 0 Å². The fourth-order valence-electron chi connectivity index (χ4n) is 0.671. The van der Waals surface area contributed by atoms with Gasteiger partial charge >= 0.3 is 0 Å². The van der Waals surface area contributed by atoms with Gasteiger partial charge in [0.2, 0.25) is 0 Å². The van der Waals surface area contributed by atoms with Crippen LogP contribution in [-0.4, -0.2) is 15.7 Å². The highest BCUT2D eigenvalue weighted by atomic mass is 32.2. The minimum atomic E-state index is -1.10. The van der Waals surface area contributed by atoms with Gasteiger partial charge in [-0.15, -0.1) is 0 Å². The van der Waals surface area contributed by atoms with Crippen LogP contribution in [0.5, 0.6) is 0 Å². The highest BCUT2D eigenvalue weighted by molar-refractivity contribution is 7.83. The Morgan fingerprint density at radius 1 is 1.73 bits per heavy atom. The second kappa shape index (κ2) is 4.20. The van der Waals surface area contributed by atoms with E-state index >= 15 is 0 Å². The van der Waals surface area contributed by atoms with Crippen LogP contribution in [0, 0.1) is 0 Å². The van der Waals surface area contributed by atoms with E-state index in [9.17, 15) is 4.21 Å². The van der Waals surface area contributed by atoms with Crippen molar-refractivity contribution in [3.05, 3.63) is 24.5 Å². The van der Waals surface area contributed by atoms with Crippen molar-refractivity contribution in [2.45, 2.75) is 11.8 Å². The van der Waals surface area contributed by atoms with Crippen molar-refractivity contribution >= 4 is 11.0 Å². The van der Waals surface area contributed by atoms with Crippen LogP contribution >= 0.6 is 0 Å². The summed E-state index contributed by atoms with van der Waals surface area (Å²) in [4.78, 5) is 4.57. The molecule has 0 spiro atoms. The third-order valence-corrected chi connectivity index (χ3v) is 2.34. The lowest BCUT2D eigenvalue weighted by molar-refractivity contribution is 0.674. The zero-order valence-electron chi connectivity index (χ0n) is 6.28. The monoisotopic (exact) mass is 170 g/mol. The van der Waals surface area contributed by atoms with Gasteiger partial charge in [-0.3, -0.25) is 4.98 Å². The van der Waals surface area contributed by atoms with Gasteiger partial charge in [-0.05, 0) is 12.1 Å². The number of aromatic nitrogens is 1. The third-order valence-electron chi connectivity index (χ3n) is 1.12. The molecule has 1 aromatic rings. The Morgan fingerprint density at radius 3 is 3.09 bits per heavy atom. The summed E-state index contributed by atoms with van der Waals surface area (Å²) in [7, 11) is -1.10. The first-order valence-electron chi connectivity index (χ1n) is 3.40. The van der Waals surface area contributed by atoms with E-state index in [2.05, 4.69) is 9.71 Å². The smallest absolute Gasteiger partial charge is 0.126 e. The summed E-state index contributed by atoms with van der Waals surface area (Å²) in [5, 5.41) is 0. The molecule has 0 saturated carbocycles. The molecular weight excluding hydrogens is 160 g/mol. The molecule has 0 radical (unpaired) electrons. The van der Waals surface area contributed by atoms with Crippen molar-refractivity contribution in [1.29, 1.82) is 0 Å². The van der Waals surface area contributed by atoms with Gasteiger partial charge in [-0.25, -0.2) is 8.93 Å². The van der Waals surface area contributed by atoms with Gasteiger partial charge in [0.15, 0.2) is 0 Å². The van der Waals surface area contributed by atoms with Crippen molar-refractivity contribution in [2.24, 2.45) is 0 Å². The topological polar surface area (TPSA) is 42.0 Å². The standard InChI is InChI=1S/C7H10N2OS/c1-2-9-11(10)7-4-3-5-8-6-7/h3-6,9H,2H2,1H3. The first kappa shape index (κ1) is 8.36. The number of rotatable bonds is 3. The maximum atomic E-state index is 11.2. The summed E-state index contributed by atoms with van der Waals surface area (Å²) >= 11 is 0. The zero-order valence-corrected chi connectivity index (χ0v) is 7.10. The van der Waals surface area contributed by atoms with Crippen LogP contribution in [0.1, 0.15) is 6.92 Å². The molecule has 3 nitrogen and oxygen atoms in total. The van der Waals surface area contributed by atoms with Gasteiger partial charge in [-0.1, -0.05) is 6.92 Å². The van der Waals surface area contributed by atoms with Gasteiger partial charge in [0, 0.05) is 18.9 Å². The molecule has 0 amide bonds. The van der Waals surface area contributed by atoms with Crippen LogP contribution in [0.3, 0.4) is 0 Å². The fourth-order valence-corrected chi connectivity index (χ4v) is 1.46. The summed E-state index contributed by atoms with van der Waals surface area (Å²) in [5.74, 6) is 0. The van der Waals surface area contributed by atoms with Crippen molar-refractivity contribution in [1.82, 2.24) is 9.71 Å². The SMILES string of the molecule is CCNS(=O)c1cccnc1. The van der Waals surface area contributed by atoms with Crippen LogP contribution in [0.4, 0.5) is 0 Å². The highest BCUT2D eigenvalue weighted by Crippen LogP contribution is 1.99. The molecule has 1 unspecified atom stereocenters. The van der Waals surface area contributed by atoms with Crippen LogP contribution in [0.25, 0.3) is 0 Å². The largest absolute Gasteiger partial charge is 0.263 e. The Balaban J connectivity index is 2.69. The van der Waals surface area contributed by atoms with E-state index in [1.165, 1.54) is 0 Å². The maximum absolute atomic E-state index is 11.2. The predicted molar refractivity (Wildman–Crippen MR) is 44.3 cm³/mol. The highest BCUT2D eigenvalue weighted by Gasteiger charge is 1.98. The summed E-state index contributed by atoms with van der Waals surface area (Å²) < 4.78 is 14.0. The maximum Gasteiger partial charge on any atom is 0.126 e. The van der Waals surface area contributed by atoms with Gasteiger partial charge in [-0.2, -0.15) is 0 Å². The van der Waals surface area contributed by atoms with Crippen molar-refractivity contribution in [3.63, 3.8) is 0 Å². The second-order valence-electron chi connectivity index (χ2n) is 1.96. The lowest BCUT2D eigenvalue weighted by Crippen LogP contribution is -2.16. The summed E-state index contributed by atoms with van der Waals surface area (Å²) in [6.45, 7) is 2.61. The summed E-state index contributed by atoms with van der Waals surface area (Å²) in [6, 6.07) is 3.55. The molecular formula is C7H10N2OS. The van der Waals surface area contributed by atoms with Crippen LogP contribution < -0.4 is 4.72 Å². The van der Waals surface area contributed by atoms with E-state index in [-0.39, 0.29) is 0 Å². The first-order valence-corrected chi connectivity index (χ1v) is 4.55. The van der Waals surface area contributed by atoms with E-state index < -0.39 is 11.0 Å². The molecule has 1 atom stereocenters. The lowest BCUT2D eigenvalue weighted by Gasteiger charge is -1.99. The Bertz CT molecular complexity index is 237. The molecule has 0 aliphatic carbocycles. The quantitative estimate of drug-likeness (QED) is 0.726. The molecule has 0 aromatic carbocycles. The molecule has 1 rings (SSSR count). The van der Waals surface area contributed by atoms with E-state index in [0.29, 0.717) is 11.4 Å². The normalized spacial score (nSPS) is 12.8. The molecule has 0 saturated heterocycles. The number of hydrogen-bond donors (Lipinski definition) is 1. The molecule has 0 aliphatic rings. The van der Waals surface area contributed by atoms with Crippen LogP contribution in [0.15, 0.2) is 29.4 Å². The number of nitrogens with zero attached hydrogens (tertiary/aromatic N) is 1. The van der Waals surface area contributed by atoms with Gasteiger partial charge < -0.3 is 0 Å². The molecule has 0 aliphatic heterocycles. The first-order chi connectivity index (χ1) is 5.34. The van der Waals surface area contributed by atoms with Gasteiger partial charge in [0.05, 0.1) is 4.90 Å². The molecule has 1 aromatic heterocycles. The average Bonchev–Trinajstić information content (AvgIpc) is 2.07. The molecule has 1 N–H and O–H groups in total. The summed E-state index contributed by atoms with van der Waals surface area (Å²) in [5.41, 5.74) is 0. The Labute approximate surface area is 68.4 Å². The molecule has 4 heteroatoms. The minimum absolute atomic E-state index is 0.696. The molecule has 0 bridgehead atoms. The van der Waals surface area contributed by atoms with Crippen molar-refractivity contribution in [2.75, 3.05) is 6.54 Å². The van der Waals surface area contributed by atoms with E-state index in [1.54, 1.807) is 24.5 Å². The fraction of sp³-hybridized carbons (Fsp3) is 0.286. The summed E-state index contributed by atoms with van der Waals surface area (Å²) in [6.07, 6.45) is 3.26. The van der Waals surface area contributed by atoms with Gasteiger partial charge in [0.25, 0.3) is 0 Å². The van der Waals surface area contributed by atoms with E-state index in [1.807, 2.05) is 6.92 Å². The Kier molecular flexibility index (Phi) is 3.19. The Morgan fingerprint density at radius 2 is 2.55 bits per heavy atom. The van der Waals surface area contributed by atoms with Crippen molar-refractivity contribution < 1.29 is 4.21 Å². The van der Waals surface area contributed by atoms with E-state index in [0.717, 1.165) is 0 Å².